The highest BCUT2D eigenvalue weighted by molar-refractivity contribution is 6.01. The molecule has 138 valence electrons. The number of unbranched alkanes of at least 4 members (excludes halogenated alkanes) is 5. The molecule has 0 saturated heterocycles. The van der Waals surface area contributed by atoms with Gasteiger partial charge in [0.25, 0.3) is 0 Å². The molecule has 2 nitrogen and oxygen atoms in total. The van der Waals surface area contributed by atoms with E-state index in [0.717, 1.165) is 24.0 Å². The van der Waals surface area contributed by atoms with Gasteiger partial charge < -0.3 is 4.74 Å². The Balaban J connectivity index is 1.86. The van der Waals surface area contributed by atoms with E-state index in [2.05, 4.69) is 43.3 Å². The highest BCUT2D eigenvalue weighted by Gasteiger charge is 2.48. The second-order valence-electron chi connectivity index (χ2n) is 7.37. The molecule has 2 heteroatoms. The molecule has 0 amide bonds. The Morgan fingerprint density at radius 1 is 0.846 bits per heavy atom. The Kier molecular flexibility index (Phi) is 6.26. The van der Waals surface area contributed by atoms with Crippen molar-refractivity contribution in [3.8, 4) is 11.1 Å². The maximum atomic E-state index is 13.5. The average Bonchev–Trinajstić information content (AvgIpc) is 2.96. The number of hydrogen-bond acceptors (Lipinski definition) is 2. The van der Waals surface area contributed by atoms with E-state index in [1.165, 1.54) is 36.8 Å². The quantitative estimate of drug-likeness (QED) is 0.497. The first-order valence-corrected chi connectivity index (χ1v) is 9.97. The van der Waals surface area contributed by atoms with Crippen LogP contribution in [0.25, 0.3) is 11.1 Å². The number of Topliss-reactive ketones (excluding diaryl/α,β-unsaturated/α-hetero) is 1. The topological polar surface area (TPSA) is 26.3 Å². The molecule has 1 aliphatic carbocycles. The van der Waals surface area contributed by atoms with Crippen LogP contribution in [0.4, 0.5) is 0 Å². The van der Waals surface area contributed by atoms with Gasteiger partial charge in [0.2, 0.25) is 0 Å². The van der Waals surface area contributed by atoms with E-state index in [-0.39, 0.29) is 0 Å². The summed E-state index contributed by atoms with van der Waals surface area (Å²) in [7, 11) is 1.70. The first kappa shape index (κ1) is 18.8. The summed E-state index contributed by atoms with van der Waals surface area (Å²) >= 11 is 0. The molecule has 0 unspecified atom stereocenters. The van der Waals surface area contributed by atoms with Gasteiger partial charge in [-0.05, 0) is 28.7 Å². The predicted molar refractivity (Wildman–Crippen MR) is 108 cm³/mol. The fourth-order valence-corrected chi connectivity index (χ4v) is 4.36. The minimum Gasteiger partial charge on any atom is -0.383 e. The zero-order chi connectivity index (χ0) is 18.4. The minimum atomic E-state index is -0.647. The number of fused-ring (bicyclic) bond motifs is 3. The average molecular weight is 351 g/mol. The van der Waals surface area contributed by atoms with E-state index in [4.69, 9.17) is 4.74 Å². The fourth-order valence-electron chi connectivity index (χ4n) is 4.36. The Morgan fingerprint density at radius 3 is 1.96 bits per heavy atom. The Hall–Kier alpha value is -1.93. The van der Waals surface area contributed by atoms with Crippen LogP contribution in [0, 0.1) is 0 Å². The lowest BCUT2D eigenvalue weighted by Crippen LogP contribution is -2.39. The van der Waals surface area contributed by atoms with Crippen molar-refractivity contribution in [1.29, 1.82) is 0 Å². The summed E-state index contributed by atoms with van der Waals surface area (Å²) in [5.41, 5.74) is 3.93. The summed E-state index contributed by atoms with van der Waals surface area (Å²) in [6, 6.07) is 16.6. The van der Waals surface area contributed by atoms with Gasteiger partial charge in [-0.25, -0.2) is 0 Å². The number of ketones is 1. The Bertz CT molecular complexity index is 702. The fraction of sp³-hybridized carbons (Fsp3) is 0.458. The third kappa shape index (κ3) is 3.35. The second kappa shape index (κ2) is 8.64. The van der Waals surface area contributed by atoms with Crippen molar-refractivity contribution in [2.45, 2.75) is 57.3 Å². The Morgan fingerprint density at radius 2 is 1.38 bits per heavy atom. The third-order valence-corrected chi connectivity index (χ3v) is 5.66. The zero-order valence-electron chi connectivity index (χ0n) is 16.1. The smallest absolute Gasteiger partial charge is 0.150 e. The molecule has 0 atom stereocenters. The molecule has 0 saturated carbocycles. The molecule has 2 aromatic rings. The maximum absolute atomic E-state index is 13.5. The van der Waals surface area contributed by atoms with Crippen molar-refractivity contribution in [2.24, 2.45) is 0 Å². The van der Waals surface area contributed by atoms with Crippen LogP contribution in [0.5, 0.6) is 0 Å². The standard InChI is InChI=1S/C24H30O2/c1-3-4-5-6-7-8-17-23(25)24(18-26-2)21-15-11-9-13-19(21)20-14-10-12-16-22(20)24/h9-16H,3-8,17-18H2,1-2H3. The first-order valence-electron chi connectivity index (χ1n) is 9.97. The molecule has 0 heterocycles. The van der Waals surface area contributed by atoms with Gasteiger partial charge in [0, 0.05) is 13.5 Å². The number of hydrogen-bond donors (Lipinski definition) is 0. The van der Waals surface area contributed by atoms with Gasteiger partial charge in [-0.3, -0.25) is 4.79 Å². The van der Waals surface area contributed by atoms with Crippen LogP contribution in [0.15, 0.2) is 48.5 Å². The van der Waals surface area contributed by atoms with E-state index >= 15 is 0 Å². The molecule has 0 aliphatic heterocycles. The van der Waals surface area contributed by atoms with Gasteiger partial charge in [0.1, 0.15) is 11.2 Å². The van der Waals surface area contributed by atoms with Crippen LogP contribution in [-0.2, 0) is 14.9 Å². The molecule has 3 rings (SSSR count). The lowest BCUT2D eigenvalue weighted by Gasteiger charge is -2.30. The normalized spacial score (nSPS) is 14.1. The molecule has 0 aromatic heterocycles. The van der Waals surface area contributed by atoms with Gasteiger partial charge in [0.15, 0.2) is 0 Å². The maximum Gasteiger partial charge on any atom is 0.150 e. The number of rotatable bonds is 10. The summed E-state index contributed by atoms with van der Waals surface area (Å²) in [5, 5.41) is 0. The van der Waals surface area contributed by atoms with E-state index in [0.29, 0.717) is 18.8 Å². The number of methoxy groups -OCH3 is 1. The van der Waals surface area contributed by atoms with Crippen molar-refractivity contribution in [3.05, 3.63) is 59.7 Å². The molecule has 1 aliphatic rings. The third-order valence-electron chi connectivity index (χ3n) is 5.66. The molecule has 0 spiro atoms. The summed E-state index contributed by atoms with van der Waals surface area (Å²) in [6.45, 7) is 2.64. The Labute approximate surface area is 157 Å². The van der Waals surface area contributed by atoms with Crippen molar-refractivity contribution >= 4 is 5.78 Å². The van der Waals surface area contributed by atoms with Gasteiger partial charge in [0.05, 0.1) is 6.61 Å². The molecule has 0 bridgehead atoms. The SMILES string of the molecule is CCCCCCCCC(=O)C1(COC)c2ccccc2-c2ccccc21. The second-order valence-corrected chi connectivity index (χ2v) is 7.37. The lowest BCUT2D eigenvalue weighted by atomic mass is 9.73. The van der Waals surface area contributed by atoms with Crippen LogP contribution in [0.1, 0.15) is 63.0 Å². The van der Waals surface area contributed by atoms with Crippen molar-refractivity contribution in [2.75, 3.05) is 13.7 Å². The van der Waals surface area contributed by atoms with Crippen molar-refractivity contribution < 1.29 is 9.53 Å². The molecule has 26 heavy (non-hydrogen) atoms. The van der Waals surface area contributed by atoms with Gasteiger partial charge >= 0.3 is 0 Å². The molecule has 0 fully saturated rings. The first-order chi connectivity index (χ1) is 12.8. The monoisotopic (exact) mass is 350 g/mol. The van der Waals surface area contributed by atoms with Crippen LogP contribution < -0.4 is 0 Å². The summed E-state index contributed by atoms with van der Waals surface area (Å²) < 4.78 is 5.60. The summed E-state index contributed by atoms with van der Waals surface area (Å²) in [4.78, 5) is 13.5. The van der Waals surface area contributed by atoms with Gasteiger partial charge in [-0.15, -0.1) is 0 Å². The van der Waals surface area contributed by atoms with Crippen LogP contribution in [-0.4, -0.2) is 19.5 Å². The van der Waals surface area contributed by atoms with Crippen molar-refractivity contribution in [1.82, 2.24) is 0 Å². The van der Waals surface area contributed by atoms with E-state index in [1.54, 1.807) is 7.11 Å². The molecule has 2 aromatic carbocycles. The minimum absolute atomic E-state index is 0.298. The van der Waals surface area contributed by atoms with Crippen molar-refractivity contribution in [3.63, 3.8) is 0 Å². The van der Waals surface area contributed by atoms with E-state index < -0.39 is 5.41 Å². The van der Waals surface area contributed by atoms with E-state index in [9.17, 15) is 4.79 Å². The number of benzene rings is 2. The molecule has 0 radical (unpaired) electrons. The van der Waals surface area contributed by atoms with Crippen LogP contribution in [0.2, 0.25) is 0 Å². The number of carbonyl (C=O) groups is 1. The molecular formula is C24H30O2. The predicted octanol–water partition coefficient (Wildman–Crippen LogP) is 5.92. The molecule has 0 N–H and O–H groups in total. The highest BCUT2D eigenvalue weighted by atomic mass is 16.5. The number of carbonyl (C=O) groups excluding carboxylic acids is 1. The van der Waals surface area contributed by atoms with Gasteiger partial charge in [-0.2, -0.15) is 0 Å². The van der Waals surface area contributed by atoms with Gasteiger partial charge in [-0.1, -0.05) is 87.6 Å². The largest absolute Gasteiger partial charge is 0.383 e. The van der Waals surface area contributed by atoms with E-state index in [1.807, 2.05) is 12.1 Å². The number of ether oxygens (including phenoxy) is 1. The highest BCUT2D eigenvalue weighted by Crippen LogP contribution is 2.50. The van der Waals surface area contributed by atoms with Crippen LogP contribution >= 0.6 is 0 Å². The summed E-state index contributed by atoms with van der Waals surface area (Å²) in [5.74, 6) is 0.298. The summed E-state index contributed by atoms with van der Waals surface area (Å²) in [6.07, 6.45) is 7.78. The molecular weight excluding hydrogens is 320 g/mol. The zero-order valence-corrected chi connectivity index (χ0v) is 16.1. The lowest BCUT2D eigenvalue weighted by molar-refractivity contribution is -0.124. The van der Waals surface area contributed by atoms with Crippen LogP contribution in [0.3, 0.4) is 0 Å².